The van der Waals surface area contributed by atoms with E-state index >= 15 is 0 Å². The molecule has 0 fully saturated rings. The zero-order valence-corrected chi connectivity index (χ0v) is 22.9. The average molecular weight is 555 g/mol. The number of nitrogens with zero attached hydrogens (tertiary/aromatic N) is 5. The molecule has 0 bridgehead atoms. The Kier molecular flexibility index (Phi) is 8.21. The number of pyridine rings is 1. The van der Waals surface area contributed by atoms with Gasteiger partial charge in [-0.3, -0.25) is 14.3 Å². The normalized spacial score (nSPS) is 11.1. The molecule has 1 amide bonds. The van der Waals surface area contributed by atoms with Gasteiger partial charge in [-0.15, -0.1) is 10.2 Å². The highest BCUT2D eigenvalue weighted by Gasteiger charge is 2.21. The Balaban J connectivity index is 1.38. The van der Waals surface area contributed by atoms with E-state index in [0.29, 0.717) is 33.8 Å². The molecular formula is C29H26N6O4S. The number of amides is 1. The number of thioether (sulfide) groups is 1. The minimum Gasteiger partial charge on any atom is -0.493 e. The fraction of sp³-hybridized carbons (Fsp3) is 0.138. The Morgan fingerprint density at radius 1 is 0.950 bits per heavy atom. The van der Waals surface area contributed by atoms with Gasteiger partial charge in [0, 0.05) is 28.4 Å². The summed E-state index contributed by atoms with van der Waals surface area (Å²) in [5, 5.41) is 14.5. The first-order chi connectivity index (χ1) is 19.6. The number of ether oxygens (including phenoxy) is 3. The number of nitrogens with one attached hydrogen (secondary N) is 1. The van der Waals surface area contributed by atoms with Crippen LogP contribution in [0.3, 0.4) is 0 Å². The van der Waals surface area contributed by atoms with Crippen LogP contribution in [0.4, 0.5) is 0 Å². The predicted octanol–water partition coefficient (Wildman–Crippen LogP) is 4.75. The van der Waals surface area contributed by atoms with Gasteiger partial charge in [-0.2, -0.15) is 5.10 Å². The third kappa shape index (κ3) is 5.59. The summed E-state index contributed by atoms with van der Waals surface area (Å²) in [7, 11) is 4.67. The topological polar surface area (TPSA) is 113 Å². The third-order valence-electron chi connectivity index (χ3n) is 5.96. The largest absolute Gasteiger partial charge is 0.493 e. The summed E-state index contributed by atoms with van der Waals surface area (Å²) in [6, 6.07) is 22.9. The summed E-state index contributed by atoms with van der Waals surface area (Å²) in [5.74, 6) is 1.80. The Bertz CT molecular complexity index is 1640. The lowest BCUT2D eigenvalue weighted by Gasteiger charge is -2.15. The number of hydrogen-bond acceptors (Lipinski definition) is 9. The number of fused-ring (bicyclic) bond motifs is 1. The molecule has 2 aromatic heterocycles. The van der Waals surface area contributed by atoms with Gasteiger partial charge in [0.15, 0.2) is 22.5 Å². The molecule has 0 saturated carbocycles. The number of para-hydroxylation sites is 2. The first-order valence-electron chi connectivity index (χ1n) is 12.2. The van der Waals surface area contributed by atoms with Crippen LogP contribution in [-0.2, 0) is 4.79 Å². The van der Waals surface area contributed by atoms with E-state index in [-0.39, 0.29) is 11.7 Å². The number of hydrogen-bond donors (Lipinski definition) is 1. The van der Waals surface area contributed by atoms with Crippen molar-refractivity contribution in [3.63, 3.8) is 0 Å². The van der Waals surface area contributed by atoms with E-state index in [1.807, 2.05) is 77.4 Å². The van der Waals surface area contributed by atoms with Crippen LogP contribution in [0.25, 0.3) is 28.0 Å². The van der Waals surface area contributed by atoms with Gasteiger partial charge in [0.2, 0.25) is 5.75 Å². The summed E-state index contributed by atoms with van der Waals surface area (Å²) in [5.41, 5.74) is 5.74. The van der Waals surface area contributed by atoms with Gasteiger partial charge >= 0.3 is 0 Å². The van der Waals surface area contributed by atoms with Crippen molar-refractivity contribution in [3.05, 3.63) is 84.6 Å². The van der Waals surface area contributed by atoms with Crippen LogP contribution in [-0.4, -0.2) is 59.0 Å². The Hall–Kier alpha value is -4.90. The standard InChI is InChI=1S/C29H26N6O4S/c1-37-23-15-21(16-24(38-2)27(23)39-3)28-33-34-29(35(28)22-12-5-4-6-13-22)40-18-25(36)32-31-17-20-10-7-9-19-11-8-14-30-26(19)20/h4-17H,18H2,1-3H3,(H,32,36). The molecule has 0 aliphatic rings. The number of hydrazone groups is 1. The molecule has 202 valence electrons. The lowest BCUT2D eigenvalue weighted by molar-refractivity contribution is -0.118. The van der Waals surface area contributed by atoms with Gasteiger partial charge in [0.25, 0.3) is 5.91 Å². The molecule has 0 aliphatic heterocycles. The minimum absolute atomic E-state index is 0.0748. The second-order valence-corrected chi connectivity index (χ2v) is 9.34. The van der Waals surface area contributed by atoms with Crippen LogP contribution in [0.5, 0.6) is 17.2 Å². The maximum atomic E-state index is 12.7. The average Bonchev–Trinajstić information content (AvgIpc) is 3.43. The molecule has 0 aliphatic carbocycles. The van der Waals surface area contributed by atoms with E-state index < -0.39 is 0 Å². The molecule has 3 aromatic carbocycles. The van der Waals surface area contributed by atoms with Crippen molar-refractivity contribution in [3.8, 4) is 34.3 Å². The molecule has 2 heterocycles. The second-order valence-electron chi connectivity index (χ2n) is 8.40. The van der Waals surface area contributed by atoms with Crippen molar-refractivity contribution in [1.29, 1.82) is 0 Å². The molecule has 10 nitrogen and oxygen atoms in total. The van der Waals surface area contributed by atoms with Gasteiger partial charge in [0.05, 0.1) is 38.8 Å². The lowest BCUT2D eigenvalue weighted by atomic mass is 10.1. The molecule has 0 radical (unpaired) electrons. The molecule has 0 unspecified atom stereocenters. The number of aromatic nitrogens is 4. The second kappa shape index (κ2) is 12.3. The van der Waals surface area contributed by atoms with Crippen molar-refractivity contribution in [2.45, 2.75) is 5.16 Å². The van der Waals surface area contributed by atoms with Crippen molar-refractivity contribution < 1.29 is 19.0 Å². The van der Waals surface area contributed by atoms with Crippen LogP contribution in [0.15, 0.2) is 89.3 Å². The smallest absolute Gasteiger partial charge is 0.250 e. The minimum atomic E-state index is -0.286. The fourth-order valence-corrected chi connectivity index (χ4v) is 4.88. The highest BCUT2D eigenvalue weighted by molar-refractivity contribution is 7.99. The van der Waals surface area contributed by atoms with E-state index in [0.717, 1.165) is 22.2 Å². The summed E-state index contributed by atoms with van der Waals surface area (Å²) in [6.07, 6.45) is 3.32. The number of carbonyl (C=O) groups excluding carboxylic acids is 1. The molecule has 5 aromatic rings. The van der Waals surface area contributed by atoms with Crippen molar-refractivity contribution in [2.75, 3.05) is 27.1 Å². The summed E-state index contributed by atoms with van der Waals surface area (Å²) >= 11 is 1.25. The summed E-state index contributed by atoms with van der Waals surface area (Å²) in [4.78, 5) is 17.1. The van der Waals surface area contributed by atoms with Crippen LogP contribution in [0.1, 0.15) is 5.56 Å². The summed E-state index contributed by atoms with van der Waals surface area (Å²) < 4.78 is 18.4. The molecule has 0 saturated heterocycles. The number of benzene rings is 3. The Labute approximate surface area is 235 Å². The predicted molar refractivity (Wildman–Crippen MR) is 155 cm³/mol. The van der Waals surface area contributed by atoms with E-state index in [1.165, 1.54) is 11.8 Å². The highest BCUT2D eigenvalue weighted by atomic mass is 32.2. The van der Waals surface area contributed by atoms with Crippen molar-refractivity contribution in [1.82, 2.24) is 25.2 Å². The van der Waals surface area contributed by atoms with E-state index in [1.54, 1.807) is 33.7 Å². The Morgan fingerprint density at radius 2 is 1.70 bits per heavy atom. The quantitative estimate of drug-likeness (QED) is 0.150. The molecule has 40 heavy (non-hydrogen) atoms. The SMILES string of the molecule is COc1cc(-c2nnc(SCC(=O)NN=Cc3cccc4cccnc34)n2-c2ccccc2)cc(OC)c1OC. The van der Waals surface area contributed by atoms with Crippen molar-refractivity contribution in [2.24, 2.45) is 5.10 Å². The first-order valence-corrected chi connectivity index (χ1v) is 13.2. The highest BCUT2D eigenvalue weighted by Crippen LogP contribution is 2.41. The van der Waals surface area contributed by atoms with Gasteiger partial charge in [-0.25, -0.2) is 5.43 Å². The lowest BCUT2D eigenvalue weighted by Crippen LogP contribution is -2.20. The Morgan fingerprint density at radius 3 is 2.42 bits per heavy atom. The monoisotopic (exact) mass is 554 g/mol. The molecule has 0 atom stereocenters. The first kappa shape index (κ1) is 26.7. The van der Waals surface area contributed by atoms with E-state index in [9.17, 15) is 4.79 Å². The molecular weight excluding hydrogens is 528 g/mol. The zero-order valence-electron chi connectivity index (χ0n) is 22.1. The fourth-order valence-electron chi connectivity index (χ4n) is 4.14. The van der Waals surface area contributed by atoms with Gasteiger partial charge < -0.3 is 14.2 Å². The number of carbonyl (C=O) groups is 1. The van der Waals surface area contributed by atoms with Crippen molar-refractivity contribution >= 4 is 34.8 Å². The van der Waals surface area contributed by atoms with Gasteiger partial charge in [0.1, 0.15) is 0 Å². The van der Waals surface area contributed by atoms with Gasteiger partial charge in [-0.1, -0.05) is 54.2 Å². The number of rotatable bonds is 10. The van der Waals surface area contributed by atoms with E-state index in [2.05, 4.69) is 25.7 Å². The van der Waals surface area contributed by atoms with E-state index in [4.69, 9.17) is 14.2 Å². The maximum absolute atomic E-state index is 12.7. The molecule has 0 spiro atoms. The van der Waals surface area contributed by atoms with Gasteiger partial charge in [-0.05, 0) is 30.3 Å². The maximum Gasteiger partial charge on any atom is 0.250 e. The molecule has 5 rings (SSSR count). The third-order valence-corrected chi connectivity index (χ3v) is 6.89. The van der Waals surface area contributed by atoms with Crippen LogP contribution < -0.4 is 19.6 Å². The molecule has 11 heteroatoms. The number of methoxy groups -OCH3 is 3. The van der Waals surface area contributed by atoms with Crippen LogP contribution in [0, 0.1) is 0 Å². The molecule has 1 N–H and O–H groups in total. The zero-order chi connectivity index (χ0) is 27.9. The van der Waals surface area contributed by atoms with Crippen LogP contribution in [0.2, 0.25) is 0 Å². The van der Waals surface area contributed by atoms with Crippen LogP contribution >= 0.6 is 11.8 Å². The summed E-state index contributed by atoms with van der Waals surface area (Å²) in [6.45, 7) is 0.